The maximum absolute atomic E-state index is 12.4. The summed E-state index contributed by atoms with van der Waals surface area (Å²) in [6.45, 7) is 7.37. The van der Waals surface area contributed by atoms with Gasteiger partial charge in [-0.1, -0.05) is 13.8 Å². The third kappa shape index (κ3) is 5.91. The van der Waals surface area contributed by atoms with E-state index in [4.69, 9.17) is 9.84 Å². The SMILES string of the molecule is CC(C)CC(C)N(C)C(=O)N1CCC(OCC(=O)O)CC1. The van der Waals surface area contributed by atoms with Gasteiger partial charge in [-0.2, -0.15) is 0 Å². The summed E-state index contributed by atoms with van der Waals surface area (Å²) in [6, 6.07) is 0.276. The summed E-state index contributed by atoms with van der Waals surface area (Å²) in [5, 5.41) is 8.59. The summed E-state index contributed by atoms with van der Waals surface area (Å²) in [4.78, 5) is 26.5. The summed E-state index contributed by atoms with van der Waals surface area (Å²) in [5.74, 6) is -0.388. The van der Waals surface area contributed by atoms with Gasteiger partial charge in [-0.3, -0.25) is 0 Å². The fourth-order valence-corrected chi connectivity index (χ4v) is 2.65. The van der Waals surface area contributed by atoms with Crippen LogP contribution in [-0.2, 0) is 9.53 Å². The summed E-state index contributed by atoms with van der Waals surface area (Å²) in [7, 11) is 1.85. The largest absolute Gasteiger partial charge is 0.480 e. The van der Waals surface area contributed by atoms with Crippen LogP contribution in [0.1, 0.15) is 40.0 Å². The second kappa shape index (κ2) is 8.22. The molecule has 0 spiro atoms. The zero-order chi connectivity index (χ0) is 16.0. The van der Waals surface area contributed by atoms with Crippen LogP contribution in [0.2, 0.25) is 0 Å². The average molecular weight is 300 g/mol. The molecule has 0 aromatic carbocycles. The lowest BCUT2D eigenvalue weighted by molar-refractivity contribution is -0.145. The number of piperidine rings is 1. The van der Waals surface area contributed by atoms with Crippen LogP contribution in [0.4, 0.5) is 4.79 Å². The van der Waals surface area contributed by atoms with Gasteiger partial charge in [0.05, 0.1) is 6.10 Å². The minimum Gasteiger partial charge on any atom is -0.480 e. The summed E-state index contributed by atoms with van der Waals surface area (Å²) in [6.07, 6.45) is 2.33. The molecule has 1 heterocycles. The van der Waals surface area contributed by atoms with Gasteiger partial charge < -0.3 is 19.6 Å². The monoisotopic (exact) mass is 300 g/mol. The van der Waals surface area contributed by atoms with Gasteiger partial charge in [0.1, 0.15) is 6.61 Å². The number of amides is 2. The number of carbonyl (C=O) groups is 2. The van der Waals surface area contributed by atoms with Gasteiger partial charge in [-0.15, -0.1) is 0 Å². The molecule has 0 aromatic heterocycles. The van der Waals surface area contributed by atoms with E-state index in [1.54, 1.807) is 4.90 Å². The van der Waals surface area contributed by atoms with Gasteiger partial charge in [0.15, 0.2) is 0 Å². The number of hydrogen-bond donors (Lipinski definition) is 1. The van der Waals surface area contributed by atoms with E-state index in [2.05, 4.69) is 20.8 Å². The second-order valence-electron chi connectivity index (χ2n) is 6.26. The first-order chi connectivity index (χ1) is 9.81. The van der Waals surface area contributed by atoms with Crippen molar-refractivity contribution in [2.45, 2.75) is 52.2 Å². The number of nitrogens with zero attached hydrogens (tertiary/aromatic N) is 2. The zero-order valence-electron chi connectivity index (χ0n) is 13.5. The van der Waals surface area contributed by atoms with Gasteiger partial charge in [0.25, 0.3) is 0 Å². The van der Waals surface area contributed by atoms with Crippen LogP contribution >= 0.6 is 0 Å². The predicted octanol–water partition coefficient (Wildman–Crippen LogP) is 2.04. The highest BCUT2D eigenvalue weighted by atomic mass is 16.5. The molecule has 1 aliphatic rings. The lowest BCUT2D eigenvalue weighted by Crippen LogP contribution is -2.49. The van der Waals surface area contributed by atoms with Crippen molar-refractivity contribution >= 4 is 12.0 Å². The van der Waals surface area contributed by atoms with E-state index < -0.39 is 5.97 Å². The van der Waals surface area contributed by atoms with Gasteiger partial charge in [-0.25, -0.2) is 9.59 Å². The first kappa shape index (κ1) is 17.8. The number of aliphatic carboxylic acids is 1. The average Bonchev–Trinajstić information content (AvgIpc) is 2.43. The molecule has 2 amide bonds. The normalized spacial score (nSPS) is 17.9. The molecule has 21 heavy (non-hydrogen) atoms. The van der Waals surface area contributed by atoms with Crippen molar-refractivity contribution in [1.29, 1.82) is 0 Å². The molecule has 1 N–H and O–H groups in total. The minimum absolute atomic E-state index is 0.0523. The standard InChI is InChI=1S/C15H28N2O4/c1-11(2)9-12(3)16(4)15(20)17-7-5-13(6-8-17)21-10-14(18)19/h11-13H,5-10H2,1-4H3,(H,18,19). The fraction of sp³-hybridized carbons (Fsp3) is 0.867. The smallest absolute Gasteiger partial charge is 0.329 e. The van der Waals surface area contributed by atoms with Crippen LogP contribution < -0.4 is 0 Å². The molecule has 0 saturated carbocycles. The molecule has 1 rings (SSSR count). The Kier molecular flexibility index (Phi) is 6.95. The third-order valence-corrected chi connectivity index (χ3v) is 3.93. The van der Waals surface area contributed by atoms with Crippen molar-refractivity contribution in [3.8, 4) is 0 Å². The van der Waals surface area contributed by atoms with Crippen LogP contribution in [0.25, 0.3) is 0 Å². The highest BCUT2D eigenvalue weighted by molar-refractivity contribution is 5.74. The number of carboxylic acid groups (broad SMARTS) is 1. The van der Waals surface area contributed by atoms with Crippen LogP contribution in [0.15, 0.2) is 0 Å². The Bertz CT molecular complexity index is 352. The lowest BCUT2D eigenvalue weighted by Gasteiger charge is -2.36. The van der Waals surface area contributed by atoms with E-state index in [-0.39, 0.29) is 24.8 Å². The number of likely N-dealkylation sites (tertiary alicyclic amines) is 1. The molecule has 1 saturated heterocycles. The highest BCUT2D eigenvalue weighted by Crippen LogP contribution is 2.17. The molecular weight excluding hydrogens is 272 g/mol. The molecule has 0 bridgehead atoms. The van der Waals surface area contributed by atoms with E-state index in [1.165, 1.54) is 0 Å². The van der Waals surface area contributed by atoms with Crippen LogP contribution in [-0.4, -0.2) is 65.8 Å². The number of carbonyl (C=O) groups excluding carboxylic acids is 1. The molecule has 1 unspecified atom stereocenters. The topological polar surface area (TPSA) is 70.1 Å². The van der Waals surface area contributed by atoms with Crippen molar-refractivity contribution in [1.82, 2.24) is 9.80 Å². The Labute approximate surface area is 127 Å². The Morgan fingerprint density at radius 2 is 1.86 bits per heavy atom. The molecule has 1 atom stereocenters. The van der Waals surface area contributed by atoms with Crippen molar-refractivity contribution in [2.24, 2.45) is 5.92 Å². The first-order valence-electron chi connectivity index (χ1n) is 7.66. The van der Waals surface area contributed by atoms with E-state index in [0.29, 0.717) is 31.8 Å². The molecule has 122 valence electrons. The van der Waals surface area contributed by atoms with E-state index in [0.717, 1.165) is 6.42 Å². The van der Waals surface area contributed by atoms with E-state index in [1.807, 2.05) is 11.9 Å². The Morgan fingerprint density at radius 1 is 1.29 bits per heavy atom. The summed E-state index contributed by atoms with van der Waals surface area (Å²) in [5.41, 5.74) is 0. The number of carboxylic acids is 1. The van der Waals surface area contributed by atoms with Crippen molar-refractivity contribution in [3.05, 3.63) is 0 Å². The minimum atomic E-state index is -0.948. The molecular formula is C15H28N2O4. The Morgan fingerprint density at radius 3 is 2.33 bits per heavy atom. The highest BCUT2D eigenvalue weighted by Gasteiger charge is 2.27. The predicted molar refractivity (Wildman–Crippen MR) is 80.3 cm³/mol. The number of ether oxygens (including phenoxy) is 1. The molecule has 0 radical (unpaired) electrons. The van der Waals surface area contributed by atoms with Crippen molar-refractivity contribution in [2.75, 3.05) is 26.7 Å². The number of hydrogen-bond acceptors (Lipinski definition) is 3. The molecule has 6 heteroatoms. The van der Waals surface area contributed by atoms with Crippen LogP contribution in [0.5, 0.6) is 0 Å². The first-order valence-corrected chi connectivity index (χ1v) is 7.66. The molecule has 1 aliphatic heterocycles. The summed E-state index contributed by atoms with van der Waals surface area (Å²) < 4.78 is 5.28. The fourth-order valence-electron chi connectivity index (χ4n) is 2.65. The molecule has 0 aliphatic carbocycles. The number of urea groups is 1. The lowest BCUT2D eigenvalue weighted by atomic mass is 10.0. The van der Waals surface area contributed by atoms with Crippen LogP contribution in [0, 0.1) is 5.92 Å². The van der Waals surface area contributed by atoms with Gasteiger partial charge in [-0.05, 0) is 32.1 Å². The molecule has 0 aromatic rings. The molecule has 6 nitrogen and oxygen atoms in total. The van der Waals surface area contributed by atoms with Gasteiger partial charge >= 0.3 is 12.0 Å². The number of rotatable bonds is 6. The summed E-state index contributed by atoms with van der Waals surface area (Å²) >= 11 is 0. The van der Waals surface area contributed by atoms with Gasteiger partial charge in [0.2, 0.25) is 0 Å². The maximum atomic E-state index is 12.4. The second-order valence-corrected chi connectivity index (χ2v) is 6.26. The third-order valence-electron chi connectivity index (χ3n) is 3.93. The maximum Gasteiger partial charge on any atom is 0.329 e. The van der Waals surface area contributed by atoms with Crippen molar-refractivity contribution < 1.29 is 19.4 Å². The quantitative estimate of drug-likeness (QED) is 0.815. The Balaban J connectivity index is 2.39. The van der Waals surface area contributed by atoms with E-state index >= 15 is 0 Å². The Hall–Kier alpha value is -1.30. The molecule has 1 fully saturated rings. The van der Waals surface area contributed by atoms with Crippen molar-refractivity contribution in [3.63, 3.8) is 0 Å². The van der Waals surface area contributed by atoms with E-state index in [9.17, 15) is 9.59 Å². The van der Waals surface area contributed by atoms with Crippen LogP contribution in [0.3, 0.4) is 0 Å². The zero-order valence-corrected chi connectivity index (χ0v) is 13.5. The van der Waals surface area contributed by atoms with Gasteiger partial charge in [0, 0.05) is 26.2 Å².